The Bertz CT molecular complexity index is 1410. The summed E-state index contributed by atoms with van der Waals surface area (Å²) < 4.78 is 35.1. The lowest BCUT2D eigenvalue weighted by Gasteiger charge is -2.34. The molecule has 4 aromatic rings. The van der Waals surface area contributed by atoms with Crippen molar-refractivity contribution in [2.75, 3.05) is 0 Å². The summed E-state index contributed by atoms with van der Waals surface area (Å²) in [7, 11) is 0. The third kappa shape index (κ3) is 5.22. The van der Waals surface area contributed by atoms with E-state index in [1.165, 1.54) is 17.5 Å². The second-order valence-corrected chi connectivity index (χ2v) is 10.1. The van der Waals surface area contributed by atoms with Gasteiger partial charge >= 0.3 is 6.09 Å². The first-order chi connectivity index (χ1) is 18.5. The lowest BCUT2D eigenvalue weighted by molar-refractivity contribution is 0.137. The Balaban J connectivity index is 1.12. The molecule has 1 atom stereocenters. The van der Waals surface area contributed by atoms with Gasteiger partial charge in [-0.15, -0.1) is 0 Å². The molecular weight excluding hydrogens is 486 g/mol. The lowest BCUT2D eigenvalue weighted by Crippen LogP contribution is -2.40. The number of pyridine rings is 1. The molecule has 1 saturated carbocycles. The first-order valence-electron chi connectivity index (χ1n) is 13.0. The van der Waals surface area contributed by atoms with E-state index in [0.717, 1.165) is 60.6 Å². The number of hydrogen-bond acceptors (Lipinski definition) is 5. The fourth-order valence-corrected chi connectivity index (χ4v) is 5.28. The van der Waals surface area contributed by atoms with E-state index in [0.29, 0.717) is 17.6 Å². The molecule has 2 aromatic heterocycles. The van der Waals surface area contributed by atoms with Crippen LogP contribution in [0.15, 0.2) is 73.2 Å². The lowest BCUT2D eigenvalue weighted by atomic mass is 9.92. The van der Waals surface area contributed by atoms with Crippen LogP contribution < -0.4 is 0 Å². The number of carbonyl (C=O) groups excluding carboxylic acids is 1. The van der Waals surface area contributed by atoms with Crippen LogP contribution in [-0.2, 0) is 30.7 Å². The number of nitrogens with zero attached hydrogens (tertiary/aromatic N) is 4. The van der Waals surface area contributed by atoms with Gasteiger partial charge in [-0.3, -0.25) is 9.88 Å². The van der Waals surface area contributed by atoms with E-state index in [-0.39, 0.29) is 12.2 Å². The highest BCUT2D eigenvalue weighted by Gasteiger charge is 2.36. The first kappa shape index (κ1) is 24.4. The number of carbonyl (C=O) groups is 1. The zero-order valence-electron chi connectivity index (χ0n) is 20.9. The van der Waals surface area contributed by atoms with Crippen LogP contribution in [-0.4, -0.2) is 37.8 Å². The molecule has 2 aliphatic carbocycles. The number of benzene rings is 2. The van der Waals surface area contributed by atoms with Gasteiger partial charge in [-0.05, 0) is 54.4 Å². The third-order valence-corrected chi connectivity index (χ3v) is 7.39. The summed E-state index contributed by atoms with van der Waals surface area (Å²) in [6.45, 7) is 0.973. The van der Waals surface area contributed by atoms with Gasteiger partial charge < -0.3 is 4.74 Å². The van der Waals surface area contributed by atoms with E-state index >= 15 is 0 Å². The Hall–Kier alpha value is -3.91. The van der Waals surface area contributed by atoms with Crippen LogP contribution >= 0.6 is 0 Å². The minimum atomic E-state index is -0.667. The molecule has 0 radical (unpaired) electrons. The van der Waals surface area contributed by atoms with E-state index in [1.807, 2.05) is 48.7 Å². The highest BCUT2D eigenvalue weighted by Crippen LogP contribution is 2.35. The highest BCUT2D eigenvalue weighted by atomic mass is 19.1. The molecule has 0 spiro atoms. The van der Waals surface area contributed by atoms with Gasteiger partial charge in [0.15, 0.2) is 11.6 Å². The molecule has 6 nitrogen and oxygen atoms in total. The molecule has 0 N–H and O–H groups in total. The largest absolute Gasteiger partial charge is 0.443 e. The van der Waals surface area contributed by atoms with Crippen molar-refractivity contribution in [2.45, 2.75) is 57.3 Å². The molecule has 0 bridgehead atoms. The Morgan fingerprint density at radius 3 is 2.39 bits per heavy atom. The average Bonchev–Trinajstić information content (AvgIpc) is 3.69. The predicted octanol–water partition coefficient (Wildman–Crippen LogP) is 5.93. The number of aromatic nitrogens is 3. The van der Waals surface area contributed by atoms with Crippen LogP contribution in [0.3, 0.4) is 0 Å². The molecule has 0 amide bonds. The molecule has 6 rings (SSSR count). The molecule has 194 valence electrons. The maximum atomic E-state index is 14.2. The third-order valence-electron chi connectivity index (χ3n) is 7.39. The van der Waals surface area contributed by atoms with Crippen LogP contribution in [0.4, 0.5) is 13.6 Å². The molecule has 2 aromatic carbocycles. The Morgan fingerprint density at radius 1 is 0.947 bits per heavy atom. The highest BCUT2D eigenvalue weighted by molar-refractivity contribution is 5.69. The van der Waals surface area contributed by atoms with Crippen LogP contribution in [0.1, 0.15) is 41.6 Å². The van der Waals surface area contributed by atoms with Crippen LogP contribution in [0.5, 0.6) is 0 Å². The van der Waals surface area contributed by atoms with Crippen LogP contribution in [0, 0.1) is 11.6 Å². The molecule has 38 heavy (non-hydrogen) atoms. The SMILES string of the molecule is O=C(OCc1ccccc1)n1cc2c(n1)CCC(N(Cc1ccc(-c3c(F)cncc3F)cc1)C1CC1)C2. The second kappa shape index (κ2) is 10.5. The topological polar surface area (TPSA) is 60.3 Å². The second-order valence-electron chi connectivity index (χ2n) is 10.1. The number of halogens is 2. The van der Waals surface area contributed by atoms with E-state index < -0.39 is 17.7 Å². The number of fused-ring (bicyclic) bond motifs is 1. The van der Waals surface area contributed by atoms with Crippen molar-refractivity contribution in [1.29, 1.82) is 0 Å². The Kier molecular flexibility index (Phi) is 6.72. The van der Waals surface area contributed by atoms with E-state index in [9.17, 15) is 13.6 Å². The van der Waals surface area contributed by atoms with Gasteiger partial charge in [0.25, 0.3) is 0 Å². The van der Waals surface area contributed by atoms with Gasteiger partial charge in [0, 0.05) is 24.8 Å². The van der Waals surface area contributed by atoms with Crippen molar-refractivity contribution in [1.82, 2.24) is 19.7 Å². The zero-order chi connectivity index (χ0) is 26.1. The summed E-state index contributed by atoms with van der Waals surface area (Å²) in [5, 5.41) is 4.51. The molecule has 0 saturated heterocycles. The molecular formula is C30H28F2N4O2. The Labute approximate surface area is 219 Å². The monoisotopic (exact) mass is 514 g/mol. The Morgan fingerprint density at radius 2 is 1.68 bits per heavy atom. The molecule has 8 heteroatoms. The maximum absolute atomic E-state index is 14.2. The fourth-order valence-electron chi connectivity index (χ4n) is 5.28. The number of aryl methyl sites for hydroxylation is 1. The van der Waals surface area contributed by atoms with E-state index in [4.69, 9.17) is 4.74 Å². The number of rotatable bonds is 7. The summed E-state index contributed by atoms with van der Waals surface area (Å²) in [4.78, 5) is 18.7. The minimum absolute atomic E-state index is 0.0512. The van der Waals surface area contributed by atoms with Crippen LogP contribution in [0.25, 0.3) is 11.1 Å². The number of hydrogen-bond donors (Lipinski definition) is 0. The quantitative estimate of drug-likeness (QED) is 0.306. The van der Waals surface area contributed by atoms with Crippen molar-refractivity contribution in [2.24, 2.45) is 0 Å². The molecule has 0 aliphatic heterocycles. The van der Waals surface area contributed by atoms with Gasteiger partial charge in [0.2, 0.25) is 0 Å². The predicted molar refractivity (Wildman–Crippen MR) is 138 cm³/mol. The van der Waals surface area contributed by atoms with Crippen molar-refractivity contribution in [3.63, 3.8) is 0 Å². The van der Waals surface area contributed by atoms with Gasteiger partial charge in [-0.2, -0.15) is 9.78 Å². The normalized spacial score (nSPS) is 16.9. The minimum Gasteiger partial charge on any atom is -0.443 e. The van der Waals surface area contributed by atoms with E-state index in [1.54, 1.807) is 12.1 Å². The van der Waals surface area contributed by atoms with Crippen molar-refractivity contribution in [3.05, 3.63) is 107 Å². The summed E-state index contributed by atoms with van der Waals surface area (Å²) in [5.74, 6) is -1.33. The average molecular weight is 515 g/mol. The van der Waals surface area contributed by atoms with Crippen LogP contribution in [0.2, 0.25) is 0 Å². The smallest absolute Gasteiger partial charge is 0.435 e. The molecule has 2 aliphatic rings. The summed E-state index contributed by atoms with van der Waals surface area (Å²) in [6.07, 6.45) is 8.33. The van der Waals surface area contributed by atoms with Gasteiger partial charge in [-0.1, -0.05) is 54.6 Å². The van der Waals surface area contributed by atoms with Gasteiger partial charge in [0.1, 0.15) is 6.61 Å². The summed E-state index contributed by atoms with van der Waals surface area (Å²) in [6, 6.07) is 17.9. The van der Waals surface area contributed by atoms with Crippen molar-refractivity contribution in [3.8, 4) is 11.1 Å². The molecule has 1 unspecified atom stereocenters. The molecule has 1 fully saturated rings. The zero-order valence-corrected chi connectivity index (χ0v) is 20.9. The van der Waals surface area contributed by atoms with Gasteiger partial charge in [0.05, 0.1) is 23.7 Å². The van der Waals surface area contributed by atoms with Crippen molar-refractivity contribution < 1.29 is 18.3 Å². The van der Waals surface area contributed by atoms with E-state index in [2.05, 4.69) is 15.0 Å². The van der Waals surface area contributed by atoms with Gasteiger partial charge in [-0.25, -0.2) is 13.6 Å². The number of ether oxygens (including phenoxy) is 1. The first-order valence-corrected chi connectivity index (χ1v) is 13.0. The molecule has 2 heterocycles. The fraction of sp³-hybridized carbons (Fsp3) is 0.300. The summed E-state index contributed by atoms with van der Waals surface area (Å²) >= 11 is 0. The standard InChI is InChI=1S/C30H28F2N4O2/c31-26-15-33-16-27(32)29(26)22-8-6-20(7-9-22)17-35(24-10-11-24)25-12-13-28-23(14-25)18-36(34-28)30(37)38-19-21-4-2-1-3-5-21/h1-9,15-16,18,24-25H,10-14,17,19H2. The summed E-state index contributed by atoms with van der Waals surface area (Å²) in [5.41, 5.74) is 4.52. The maximum Gasteiger partial charge on any atom is 0.435 e. The van der Waals surface area contributed by atoms with Crippen molar-refractivity contribution >= 4 is 6.09 Å².